The van der Waals surface area contributed by atoms with Crippen LogP contribution in [0.4, 0.5) is 0 Å². The van der Waals surface area contributed by atoms with E-state index in [1.54, 1.807) is 18.3 Å². The van der Waals surface area contributed by atoms with Crippen molar-refractivity contribution < 1.29 is 4.79 Å². The fourth-order valence-corrected chi connectivity index (χ4v) is 3.68. The predicted octanol–water partition coefficient (Wildman–Crippen LogP) is 2.53. The summed E-state index contributed by atoms with van der Waals surface area (Å²) in [6.07, 6.45) is 1.57. The molecule has 162 valence electrons. The topological polar surface area (TPSA) is 86.0 Å². The van der Waals surface area contributed by atoms with E-state index < -0.39 is 11.1 Å². The minimum atomic E-state index is -0.743. The molecule has 7 heteroatoms. The maximum absolute atomic E-state index is 12.9. The molecule has 2 aromatic carbocycles. The highest BCUT2D eigenvalue weighted by Gasteiger charge is 2.17. The molecule has 0 aliphatic rings. The van der Waals surface area contributed by atoms with Crippen LogP contribution in [0.25, 0.3) is 11.2 Å². The van der Waals surface area contributed by atoms with Gasteiger partial charge in [-0.1, -0.05) is 67.6 Å². The third-order valence-corrected chi connectivity index (χ3v) is 5.45. The van der Waals surface area contributed by atoms with Crippen molar-refractivity contribution in [3.8, 4) is 0 Å². The summed E-state index contributed by atoms with van der Waals surface area (Å²) in [6.45, 7) is 2.43. The molecule has 0 fully saturated rings. The number of hydrogen-bond donors (Lipinski definition) is 1. The molecular weight excluding hydrogens is 404 g/mol. The van der Waals surface area contributed by atoms with Gasteiger partial charge in [-0.05, 0) is 29.2 Å². The molecule has 0 unspecified atom stereocenters. The Labute approximate surface area is 185 Å². The van der Waals surface area contributed by atoms with Crippen LogP contribution >= 0.6 is 0 Å². The van der Waals surface area contributed by atoms with E-state index in [4.69, 9.17) is 0 Å². The largest absolute Gasteiger partial charge is 0.354 e. The van der Waals surface area contributed by atoms with Gasteiger partial charge in [0.25, 0.3) is 0 Å². The molecule has 2 heterocycles. The molecule has 0 aliphatic carbocycles. The van der Waals surface area contributed by atoms with Crippen LogP contribution in [0.15, 0.2) is 88.6 Å². The van der Waals surface area contributed by atoms with E-state index in [-0.39, 0.29) is 24.9 Å². The molecule has 4 rings (SSSR count). The van der Waals surface area contributed by atoms with Crippen LogP contribution in [-0.2, 0) is 17.9 Å². The summed E-state index contributed by atoms with van der Waals surface area (Å²) in [5, 5.41) is 2.87. The van der Waals surface area contributed by atoms with Crippen molar-refractivity contribution >= 4 is 17.1 Å². The van der Waals surface area contributed by atoms with E-state index >= 15 is 0 Å². The second-order valence-electron chi connectivity index (χ2n) is 7.73. The molecule has 1 N–H and O–H groups in total. The minimum absolute atomic E-state index is 0.120. The highest BCUT2D eigenvalue weighted by Crippen LogP contribution is 2.13. The molecule has 1 amide bonds. The number of fused-ring (bicyclic) bond motifs is 1. The van der Waals surface area contributed by atoms with Crippen molar-refractivity contribution in [2.45, 2.75) is 25.9 Å². The molecule has 0 saturated carbocycles. The number of rotatable bonds is 7. The lowest BCUT2D eigenvalue weighted by Gasteiger charge is -2.16. The normalized spacial score (nSPS) is 11.9. The van der Waals surface area contributed by atoms with Crippen molar-refractivity contribution in [3.63, 3.8) is 0 Å². The van der Waals surface area contributed by atoms with E-state index in [1.165, 1.54) is 9.13 Å². The summed E-state index contributed by atoms with van der Waals surface area (Å²) >= 11 is 0. The van der Waals surface area contributed by atoms with Gasteiger partial charge in [0.15, 0.2) is 5.65 Å². The van der Waals surface area contributed by atoms with Crippen LogP contribution in [0.1, 0.15) is 24.0 Å². The molecular formula is C25H24N4O3. The third kappa shape index (κ3) is 4.51. The van der Waals surface area contributed by atoms with E-state index in [9.17, 15) is 14.4 Å². The van der Waals surface area contributed by atoms with Crippen molar-refractivity contribution in [1.82, 2.24) is 19.4 Å². The average molecular weight is 428 g/mol. The lowest BCUT2D eigenvalue weighted by Crippen LogP contribution is -2.44. The van der Waals surface area contributed by atoms with Crippen molar-refractivity contribution in [2.75, 3.05) is 6.54 Å². The first kappa shape index (κ1) is 21.2. The number of aromatic nitrogens is 3. The number of amides is 1. The smallest absolute Gasteiger partial charge is 0.318 e. The number of carbonyl (C=O) groups is 1. The first-order valence-corrected chi connectivity index (χ1v) is 10.5. The number of pyridine rings is 1. The zero-order chi connectivity index (χ0) is 22.5. The lowest BCUT2D eigenvalue weighted by atomic mass is 10.0. The second kappa shape index (κ2) is 9.43. The molecule has 0 saturated heterocycles. The molecule has 32 heavy (non-hydrogen) atoms. The number of hydrogen-bond acceptors (Lipinski definition) is 4. The molecule has 0 aliphatic heterocycles. The zero-order valence-electron chi connectivity index (χ0n) is 17.8. The van der Waals surface area contributed by atoms with Crippen LogP contribution in [0.2, 0.25) is 0 Å². The highest BCUT2D eigenvalue weighted by molar-refractivity contribution is 5.78. The Morgan fingerprint density at radius 2 is 1.56 bits per heavy atom. The van der Waals surface area contributed by atoms with Gasteiger partial charge in [-0.15, -0.1) is 0 Å². The lowest BCUT2D eigenvalue weighted by molar-refractivity contribution is -0.121. The maximum atomic E-state index is 12.9. The van der Waals surface area contributed by atoms with Gasteiger partial charge in [-0.2, -0.15) is 0 Å². The van der Waals surface area contributed by atoms with Crippen molar-refractivity contribution in [1.29, 1.82) is 0 Å². The second-order valence-corrected chi connectivity index (χ2v) is 7.73. The molecule has 2 aromatic heterocycles. The van der Waals surface area contributed by atoms with Crippen LogP contribution in [-0.4, -0.2) is 26.6 Å². The van der Waals surface area contributed by atoms with Crippen molar-refractivity contribution in [3.05, 3.63) is 111 Å². The van der Waals surface area contributed by atoms with E-state index in [0.29, 0.717) is 17.7 Å². The summed E-state index contributed by atoms with van der Waals surface area (Å²) in [5.74, 6) is -0.214. The molecule has 0 radical (unpaired) electrons. The summed E-state index contributed by atoms with van der Waals surface area (Å²) in [7, 11) is 0. The fourth-order valence-electron chi connectivity index (χ4n) is 3.68. The maximum Gasteiger partial charge on any atom is 0.318 e. The summed E-state index contributed by atoms with van der Waals surface area (Å²) in [5.41, 5.74) is 1.36. The predicted molar refractivity (Wildman–Crippen MR) is 124 cm³/mol. The van der Waals surface area contributed by atoms with Crippen LogP contribution < -0.4 is 16.4 Å². The number of nitrogens with one attached hydrogen (secondary N) is 1. The Kier molecular flexibility index (Phi) is 6.26. The average Bonchev–Trinajstić information content (AvgIpc) is 2.84. The van der Waals surface area contributed by atoms with Crippen LogP contribution in [0.3, 0.4) is 0 Å². The molecule has 4 aromatic rings. The van der Waals surface area contributed by atoms with E-state index in [2.05, 4.69) is 10.3 Å². The number of benzene rings is 2. The summed E-state index contributed by atoms with van der Waals surface area (Å²) in [4.78, 5) is 42.8. The van der Waals surface area contributed by atoms with E-state index in [1.807, 2.05) is 67.6 Å². The van der Waals surface area contributed by atoms with Crippen molar-refractivity contribution in [2.24, 2.45) is 0 Å². The first-order valence-electron chi connectivity index (χ1n) is 10.5. The van der Waals surface area contributed by atoms with Gasteiger partial charge in [-0.3, -0.25) is 23.5 Å². The summed E-state index contributed by atoms with van der Waals surface area (Å²) in [6, 6.07) is 22.7. The van der Waals surface area contributed by atoms with Gasteiger partial charge in [0.1, 0.15) is 6.54 Å². The van der Waals surface area contributed by atoms with Gasteiger partial charge < -0.3 is 5.32 Å². The van der Waals surface area contributed by atoms with Gasteiger partial charge >= 0.3 is 11.1 Å². The SMILES string of the molecule is C[C@@H](CNC(=O)Cn1c(=O)c(=O)n(Cc2ccccc2)c2ncccc21)c1ccccc1. The Hall–Kier alpha value is -4.00. The van der Waals surface area contributed by atoms with E-state index in [0.717, 1.165) is 11.1 Å². The highest BCUT2D eigenvalue weighted by atomic mass is 16.2. The van der Waals surface area contributed by atoms with Gasteiger partial charge in [0.2, 0.25) is 5.91 Å². The molecule has 1 atom stereocenters. The quantitative estimate of drug-likeness (QED) is 0.459. The van der Waals surface area contributed by atoms with Gasteiger partial charge in [0, 0.05) is 12.7 Å². The fraction of sp³-hybridized carbons (Fsp3) is 0.200. The Morgan fingerprint density at radius 1 is 0.906 bits per heavy atom. The Bertz CT molecular complexity index is 1340. The Balaban J connectivity index is 1.60. The number of nitrogens with zero attached hydrogens (tertiary/aromatic N) is 3. The van der Waals surface area contributed by atoms with Crippen LogP contribution in [0, 0.1) is 0 Å². The third-order valence-electron chi connectivity index (χ3n) is 5.45. The first-order chi connectivity index (χ1) is 15.5. The van der Waals surface area contributed by atoms with Gasteiger partial charge in [-0.25, -0.2) is 4.98 Å². The number of carbonyl (C=O) groups excluding carboxylic acids is 1. The Morgan fingerprint density at radius 3 is 2.28 bits per heavy atom. The molecule has 0 bridgehead atoms. The minimum Gasteiger partial charge on any atom is -0.354 e. The monoisotopic (exact) mass is 428 g/mol. The zero-order valence-corrected chi connectivity index (χ0v) is 17.8. The summed E-state index contributed by atoms with van der Waals surface area (Å²) < 4.78 is 2.56. The van der Waals surface area contributed by atoms with Crippen LogP contribution in [0.5, 0.6) is 0 Å². The molecule has 0 spiro atoms. The van der Waals surface area contributed by atoms with Gasteiger partial charge in [0.05, 0.1) is 12.1 Å². The standard InChI is InChI=1S/C25H24N4O3/c1-18(20-11-6-3-7-12-20)15-27-22(30)17-28-21-13-8-14-26-23(21)29(25(32)24(28)31)16-19-9-4-2-5-10-19/h2-14,18H,15-17H2,1H3,(H,27,30)/t18-/m0/s1. The molecule has 7 nitrogen and oxygen atoms in total.